The molecular formula is C16H20N2O3. The number of methoxy groups -OCH3 is 1. The SMILES string of the molecule is COc1ccc(C(=O)NC2CCCOC2)cc1C#CCN. The Balaban J connectivity index is 2.13. The maximum absolute atomic E-state index is 12.3. The molecule has 21 heavy (non-hydrogen) atoms. The summed E-state index contributed by atoms with van der Waals surface area (Å²) in [5.74, 6) is 6.20. The average Bonchev–Trinajstić information content (AvgIpc) is 2.53. The quantitative estimate of drug-likeness (QED) is 0.811. The Kier molecular flexibility index (Phi) is 5.61. The Labute approximate surface area is 124 Å². The molecular weight excluding hydrogens is 268 g/mol. The van der Waals surface area contributed by atoms with Crippen molar-refractivity contribution in [2.24, 2.45) is 5.73 Å². The van der Waals surface area contributed by atoms with Gasteiger partial charge in [0.05, 0.1) is 31.9 Å². The fraction of sp³-hybridized carbons (Fsp3) is 0.438. The summed E-state index contributed by atoms with van der Waals surface area (Å²) in [6.07, 6.45) is 1.92. The molecule has 3 N–H and O–H groups in total. The Morgan fingerprint density at radius 1 is 1.57 bits per heavy atom. The summed E-state index contributed by atoms with van der Waals surface area (Å²) >= 11 is 0. The van der Waals surface area contributed by atoms with Crippen molar-refractivity contribution < 1.29 is 14.3 Å². The molecule has 2 rings (SSSR count). The van der Waals surface area contributed by atoms with E-state index in [-0.39, 0.29) is 18.5 Å². The molecule has 0 spiro atoms. The molecule has 1 aromatic rings. The van der Waals surface area contributed by atoms with Crippen LogP contribution >= 0.6 is 0 Å². The van der Waals surface area contributed by atoms with E-state index in [4.69, 9.17) is 15.2 Å². The Morgan fingerprint density at radius 3 is 3.10 bits per heavy atom. The van der Waals surface area contributed by atoms with Crippen molar-refractivity contribution in [3.05, 3.63) is 29.3 Å². The molecule has 1 unspecified atom stereocenters. The molecule has 1 fully saturated rings. The van der Waals surface area contributed by atoms with E-state index in [9.17, 15) is 4.79 Å². The van der Waals surface area contributed by atoms with E-state index in [1.54, 1.807) is 25.3 Å². The van der Waals surface area contributed by atoms with Gasteiger partial charge in [-0.25, -0.2) is 0 Å². The van der Waals surface area contributed by atoms with E-state index in [2.05, 4.69) is 17.2 Å². The molecule has 1 aliphatic rings. The number of benzene rings is 1. The number of nitrogens with two attached hydrogens (primary N) is 1. The largest absolute Gasteiger partial charge is 0.495 e. The first-order valence-electron chi connectivity index (χ1n) is 7.00. The average molecular weight is 288 g/mol. The summed E-state index contributed by atoms with van der Waals surface area (Å²) < 4.78 is 10.6. The number of amides is 1. The van der Waals surface area contributed by atoms with Gasteiger partial charge >= 0.3 is 0 Å². The molecule has 0 bridgehead atoms. The molecule has 1 saturated heterocycles. The van der Waals surface area contributed by atoms with Crippen LogP contribution in [-0.2, 0) is 4.74 Å². The highest BCUT2D eigenvalue weighted by atomic mass is 16.5. The highest BCUT2D eigenvalue weighted by Gasteiger charge is 2.17. The predicted molar refractivity (Wildman–Crippen MR) is 80.2 cm³/mol. The third kappa shape index (κ3) is 4.22. The van der Waals surface area contributed by atoms with Crippen LogP contribution < -0.4 is 15.8 Å². The number of carbonyl (C=O) groups is 1. The van der Waals surface area contributed by atoms with Gasteiger partial charge in [0.1, 0.15) is 5.75 Å². The van der Waals surface area contributed by atoms with Gasteiger partial charge in [0.2, 0.25) is 0 Å². The van der Waals surface area contributed by atoms with Gasteiger partial charge in [-0.15, -0.1) is 0 Å². The lowest BCUT2D eigenvalue weighted by Gasteiger charge is -2.23. The van der Waals surface area contributed by atoms with Crippen LogP contribution in [0.2, 0.25) is 0 Å². The van der Waals surface area contributed by atoms with Crippen LogP contribution in [0.5, 0.6) is 5.75 Å². The van der Waals surface area contributed by atoms with Crippen molar-refractivity contribution in [3.8, 4) is 17.6 Å². The number of carbonyl (C=O) groups excluding carboxylic acids is 1. The topological polar surface area (TPSA) is 73.6 Å². The lowest BCUT2D eigenvalue weighted by atomic mass is 10.1. The normalized spacial score (nSPS) is 17.5. The van der Waals surface area contributed by atoms with Crippen molar-refractivity contribution in [1.82, 2.24) is 5.32 Å². The highest BCUT2D eigenvalue weighted by Crippen LogP contribution is 2.19. The summed E-state index contributed by atoms with van der Waals surface area (Å²) in [4.78, 5) is 12.3. The van der Waals surface area contributed by atoms with Gasteiger partial charge in [0.15, 0.2) is 0 Å². The number of nitrogens with one attached hydrogen (secondary N) is 1. The van der Waals surface area contributed by atoms with Gasteiger partial charge in [-0.2, -0.15) is 0 Å². The molecule has 112 valence electrons. The van der Waals surface area contributed by atoms with Crippen LogP contribution in [0.25, 0.3) is 0 Å². The second-order valence-corrected chi connectivity index (χ2v) is 4.81. The van der Waals surface area contributed by atoms with Crippen molar-refractivity contribution >= 4 is 5.91 Å². The molecule has 1 aliphatic heterocycles. The predicted octanol–water partition coefficient (Wildman–Crippen LogP) is 0.914. The lowest BCUT2D eigenvalue weighted by molar-refractivity contribution is 0.0624. The molecule has 1 amide bonds. The van der Waals surface area contributed by atoms with Crippen LogP contribution in [-0.4, -0.2) is 38.8 Å². The fourth-order valence-electron chi connectivity index (χ4n) is 2.22. The summed E-state index contributed by atoms with van der Waals surface area (Å²) in [7, 11) is 1.57. The summed E-state index contributed by atoms with van der Waals surface area (Å²) in [6.45, 7) is 1.61. The van der Waals surface area contributed by atoms with Crippen molar-refractivity contribution in [1.29, 1.82) is 0 Å². The molecule has 1 atom stereocenters. The van der Waals surface area contributed by atoms with Crippen LogP contribution in [0, 0.1) is 11.8 Å². The van der Waals surface area contributed by atoms with Gasteiger partial charge in [0.25, 0.3) is 5.91 Å². The van der Waals surface area contributed by atoms with E-state index in [1.807, 2.05) is 0 Å². The zero-order valence-corrected chi connectivity index (χ0v) is 12.1. The van der Waals surface area contributed by atoms with Gasteiger partial charge in [-0.05, 0) is 31.0 Å². The molecule has 5 nitrogen and oxygen atoms in total. The minimum Gasteiger partial charge on any atom is -0.495 e. The monoisotopic (exact) mass is 288 g/mol. The zero-order chi connectivity index (χ0) is 15.1. The maximum Gasteiger partial charge on any atom is 0.251 e. The Bertz CT molecular complexity index is 554. The molecule has 0 radical (unpaired) electrons. The Hall–Kier alpha value is -2.03. The third-order valence-electron chi connectivity index (χ3n) is 3.28. The van der Waals surface area contributed by atoms with Gasteiger partial charge in [-0.1, -0.05) is 11.8 Å². The Morgan fingerprint density at radius 2 is 2.43 bits per heavy atom. The molecule has 1 aromatic carbocycles. The van der Waals surface area contributed by atoms with Crippen LogP contribution in [0.15, 0.2) is 18.2 Å². The number of ether oxygens (including phenoxy) is 2. The summed E-state index contributed by atoms with van der Waals surface area (Å²) in [6, 6.07) is 5.27. The molecule has 1 heterocycles. The van der Waals surface area contributed by atoms with Gasteiger partial charge < -0.3 is 20.5 Å². The summed E-state index contributed by atoms with van der Waals surface area (Å²) in [5, 5.41) is 2.98. The number of hydrogen-bond donors (Lipinski definition) is 2. The van der Waals surface area contributed by atoms with Crippen LogP contribution in [0.3, 0.4) is 0 Å². The van der Waals surface area contributed by atoms with E-state index < -0.39 is 0 Å². The van der Waals surface area contributed by atoms with Gasteiger partial charge in [0, 0.05) is 12.2 Å². The van der Waals surface area contributed by atoms with Crippen molar-refractivity contribution in [2.45, 2.75) is 18.9 Å². The van der Waals surface area contributed by atoms with Crippen molar-refractivity contribution in [2.75, 3.05) is 26.9 Å². The van der Waals surface area contributed by atoms with Crippen LogP contribution in [0.4, 0.5) is 0 Å². The second kappa shape index (κ2) is 7.67. The standard InChI is InChI=1S/C16H20N2O3/c1-20-15-7-6-13(10-12(15)4-2-8-17)16(19)18-14-5-3-9-21-11-14/h6-7,10,14H,3,5,8-9,11,17H2,1H3,(H,18,19). The lowest BCUT2D eigenvalue weighted by Crippen LogP contribution is -2.40. The zero-order valence-electron chi connectivity index (χ0n) is 12.1. The minimum absolute atomic E-state index is 0.0759. The first kappa shape index (κ1) is 15.4. The van der Waals surface area contributed by atoms with E-state index >= 15 is 0 Å². The van der Waals surface area contributed by atoms with E-state index in [1.165, 1.54) is 0 Å². The number of hydrogen-bond acceptors (Lipinski definition) is 4. The van der Waals surface area contributed by atoms with Crippen LogP contribution in [0.1, 0.15) is 28.8 Å². The summed E-state index contributed by atoms with van der Waals surface area (Å²) in [5.41, 5.74) is 6.60. The first-order chi connectivity index (χ1) is 10.2. The molecule has 5 heteroatoms. The second-order valence-electron chi connectivity index (χ2n) is 4.81. The van der Waals surface area contributed by atoms with E-state index in [0.29, 0.717) is 23.5 Å². The number of rotatable bonds is 3. The molecule has 0 aliphatic carbocycles. The van der Waals surface area contributed by atoms with E-state index in [0.717, 1.165) is 19.4 Å². The highest BCUT2D eigenvalue weighted by molar-refractivity contribution is 5.95. The maximum atomic E-state index is 12.3. The third-order valence-corrected chi connectivity index (χ3v) is 3.28. The fourth-order valence-corrected chi connectivity index (χ4v) is 2.22. The smallest absolute Gasteiger partial charge is 0.251 e. The van der Waals surface area contributed by atoms with Crippen molar-refractivity contribution in [3.63, 3.8) is 0 Å². The van der Waals surface area contributed by atoms with Gasteiger partial charge in [-0.3, -0.25) is 4.79 Å². The molecule has 0 saturated carbocycles. The minimum atomic E-state index is -0.121. The first-order valence-corrected chi connectivity index (χ1v) is 7.00. The molecule has 0 aromatic heterocycles.